The Hall–Kier alpha value is -0.770. The first-order valence-corrected chi connectivity index (χ1v) is 2.62. The van der Waals surface area contributed by atoms with Gasteiger partial charge >= 0.3 is 11.4 Å². The number of rotatable bonds is 0. The van der Waals surface area contributed by atoms with Crippen molar-refractivity contribution in [2.24, 2.45) is 0 Å². The quantitative estimate of drug-likeness (QED) is 0.407. The van der Waals surface area contributed by atoms with E-state index in [9.17, 15) is 9.59 Å². The van der Waals surface area contributed by atoms with Gasteiger partial charge in [-0.1, -0.05) is 0 Å². The highest BCUT2D eigenvalue weighted by Gasteiger charge is 2.10. The lowest BCUT2D eigenvalue weighted by molar-refractivity contribution is 0.208. The summed E-state index contributed by atoms with van der Waals surface area (Å²) in [5.41, 5.74) is 0. The lowest BCUT2D eigenvalue weighted by Crippen LogP contribution is -2.36. The Labute approximate surface area is 57.8 Å². The number of carbonyl (C=O) groups excluding carboxylic acids is 2. The van der Waals surface area contributed by atoms with Gasteiger partial charge in [-0.3, -0.25) is 9.69 Å². The molecule has 3 amide bonds. The van der Waals surface area contributed by atoms with E-state index in [1.807, 2.05) is 0 Å². The predicted molar refractivity (Wildman–Crippen MR) is 33.5 cm³/mol. The first kappa shape index (κ1) is 8.23. The molecule has 0 spiro atoms. The maximum absolute atomic E-state index is 10.5. The molecule has 0 aromatic carbocycles. The molecular formula is C4H7ClN2O2. The van der Waals surface area contributed by atoms with Crippen LogP contribution in [0.1, 0.15) is 0 Å². The second-order valence-electron chi connectivity index (χ2n) is 1.37. The fraction of sp³-hybridized carbons (Fsp3) is 0.500. The molecule has 0 rings (SSSR count). The predicted octanol–water partition coefficient (Wildman–Crippen LogP) is 0.616. The lowest BCUT2D eigenvalue weighted by Gasteiger charge is -2.08. The Morgan fingerprint density at radius 2 is 2.00 bits per heavy atom. The van der Waals surface area contributed by atoms with Gasteiger partial charge in [0.2, 0.25) is 0 Å². The number of nitrogens with one attached hydrogen (secondary N) is 1. The number of carbonyl (C=O) groups is 2. The van der Waals surface area contributed by atoms with E-state index in [1.54, 1.807) is 0 Å². The third-order valence-corrected chi connectivity index (χ3v) is 1.04. The minimum absolute atomic E-state index is 0.519. The number of urea groups is 1. The summed E-state index contributed by atoms with van der Waals surface area (Å²) in [5.74, 6) is 0. The average molecular weight is 151 g/mol. The van der Waals surface area contributed by atoms with Crippen LogP contribution in [0.15, 0.2) is 0 Å². The molecule has 0 aliphatic rings. The Bertz CT molecular complexity index is 137. The zero-order valence-corrected chi connectivity index (χ0v) is 5.90. The summed E-state index contributed by atoms with van der Waals surface area (Å²) >= 11 is 4.93. The highest BCUT2D eigenvalue weighted by Crippen LogP contribution is 1.90. The molecule has 0 fully saturated rings. The molecule has 5 heteroatoms. The van der Waals surface area contributed by atoms with Gasteiger partial charge in [0.05, 0.1) is 0 Å². The molecule has 9 heavy (non-hydrogen) atoms. The van der Waals surface area contributed by atoms with Crippen LogP contribution in [0.3, 0.4) is 0 Å². The Balaban J connectivity index is 3.88. The second-order valence-corrected chi connectivity index (χ2v) is 1.69. The first-order chi connectivity index (χ1) is 4.09. The molecule has 0 saturated carbocycles. The van der Waals surface area contributed by atoms with E-state index < -0.39 is 11.4 Å². The third-order valence-electron chi connectivity index (χ3n) is 0.782. The molecule has 52 valence electrons. The molecule has 0 aliphatic carbocycles. The summed E-state index contributed by atoms with van der Waals surface area (Å²) in [6.45, 7) is 0. The molecule has 0 heterocycles. The first-order valence-electron chi connectivity index (χ1n) is 2.24. The van der Waals surface area contributed by atoms with Gasteiger partial charge in [0, 0.05) is 14.1 Å². The van der Waals surface area contributed by atoms with Crippen LogP contribution in [0.25, 0.3) is 0 Å². The number of imide groups is 1. The average Bonchev–Trinajstić information content (AvgIpc) is 1.84. The van der Waals surface area contributed by atoms with Gasteiger partial charge in [0.25, 0.3) is 0 Å². The summed E-state index contributed by atoms with van der Waals surface area (Å²) in [7, 11) is 2.70. The minimum atomic E-state index is -0.797. The summed E-state index contributed by atoms with van der Waals surface area (Å²) in [4.78, 5) is 21.4. The molecule has 0 unspecified atom stereocenters. The van der Waals surface area contributed by atoms with E-state index in [0.717, 1.165) is 4.90 Å². The molecule has 0 saturated heterocycles. The zero-order valence-electron chi connectivity index (χ0n) is 5.14. The van der Waals surface area contributed by atoms with Gasteiger partial charge in [0.15, 0.2) is 0 Å². The third kappa shape index (κ3) is 2.32. The van der Waals surface area contributed by atoms with Gasteiger partial charge < -0.3 is 5.32 Å². The van der Waals surface area contributed by atoms with Crippen LogP contribution in [-0.4, -0.2) is 30.4 Å². The number of hydrogen-bond donors (Lipinski definition) is 1. The van der Waals surface area contributed by atoms with Gasteiger partial charge in [-0.15, -0.1) is 0 Å². The van der Waals surface area contributed by atoms with Crippen molar-refractivity contribution in [2.75, 3.05) is 14.1 Å². The van der Waals surface area contributed by atoms with E-state index in [-0.39, 0.29) is 0 Å². The van der Waals surface area contributed by atoms with Crippen molar-refractivity contribution in [3.8, 4) is 0 Å². The number of amides is 3. The SMILES string of the molecule is CNC(=O)N(C)C(=O)Cl. The van der Waals surface area contributed by atoms with Gasteiger partial charge in [-0.2, -0.15) is 0 Å². The summed E-state index contributed by atoms with van der Waals surface area (Å²) in [6, 6.07) is -0.519. The molecule has 0 radical (unpaired) electrons. The summed E-state index contributed by atoms with van der Waals surface area (Å²) in [6.07, 6.45) is 0. The fourth-order valence-electron chi connectivity index (χ4n) is 0.248. The topological polar surface area (TPSA) is 49.4 Å². The lowest BCUT2D eigenvalue weighted by atomic mass is 10.8. The minimum Gasteiger partial charge on any atom is -0.341 e. The van der Waals surface area contributed by atoms with Gasteiger partial charge in [-0.05, 0) is 11.6 Å². The van der Waals surface area contributed by atoms with Crippen molar-refractivity contribution >= 4 is 23.0 Å². The van der Waals surface area contributed by atoms with E-state index in [1.165, 1.54) is 14.1 Å². The molecule has 0 aliphatic heterocycles. The van der Waals surface area contributed by atoms with Crippen LogP contribution in [0.4, 0.5) is 9.59 Å². The van der Waals surface area contributed by atoms with Crippen LogP contribution < -0.4 is 5.32 Å². The molecule has 1 N–H and O–H groups in total. The fourth-order valence-corrected chi connectivity index (χ4v) is 0.324. The van der Waals surface area contributed by atoms with Crippen LogP contribution in [-0.2, 0) is 0 Å². The monoisotopic (exact) mass is 150 g/mol. The Kier molecular flexibility index (Phi) is 3.01. The van der Waals surface area contributed by atoms with Crippen LogP contribution in [0.5, 0.6) is 0 Å². The Morgan fingerprint density at radius 1 is 1.56 bits per heavy atom. The van der Waals surface area contributed by atoms with Crippen LogP contribution in [0, 0.1) is 0 Å². The van der Waals surface area contributed by atoms with Gasteiger partial charge in [0.1, 0.15) is 0 Å². The largest absolute Gasteiger partial charge is 0.341 e. The molecule has 0 atom stereocenters. The normalized spacial score (nSPS) is 8.33. The van der Waals surface area contributed by atoms with E-state index in [2.05, 4.69) is 5.32 Å². The zero-order chi connectivity index (χ0) is 7.44. The van der Waals surface area contributed by atoms with Crippen molar-refractivity contribution in [3.63, 3.8) is 0 Å². The molecule has 0 bridgehead atoms. The number of hydrogen-bond acceptors (Lipinski definition) is 2. The number of halogens is 1. The van der Waals surface area contributed by atoms with E-state index in [0.29, 0.717) is 0 Å². The van der Waals surface area contributed by atoms with Gasteiger partial charge in [-0.25, -0.2) is 4.79 Å². The highest BCUT2D eigenvalue weighted by atomic mass is 35.5. The van der Waals surface area contributed by atoms with Crippen molar-refractivity contribution in [2.45, 2.75) is 0 Å². The van der Waals surface area contributed by atoms with Crippen LogP contribution in [0.2, 0.25) is 0 Å². The van der Waals surface area contributed by atoms with E-state index >= 15 is 0 Å². The number of nitrogens with zero attached hydrogens (tertiary/aromatic N) is 1. The molecule has 0 aromatic heterocycles. The second kappa shape index (κ2) is 3.29. The van der Waals surface area contributed by atoms with Crippen molar-refractivity contribution < 1.29 is 9.59 Å². The van der Waals surface area contributed by atoms with E-state index in [4.69, 9.17) is 11.6 Å². The molecular weight excluding hydrogens is 144 g/mol. The summed E-state index contributed by atoms with van der Waals surface area (Å²) in [5, 5.41) is 1.43. The summed E-state index contributed by atoms with van der Waals surface area (Å²) < 4.78 is 0. The smallest absolute Gasteiger partial charge is 0.324 e. The molecule has 4 nitrogen and oxygen atoms in total. The standard InChI is InChI=1S/C4H7ClN2O2/c1-6-4(9)7(2)3(5)8/h1-2H3,(H,6,9). The maximum atomic E-state index is 10.5. The van der Waals surface area contributed by atoms with Crippen molar-refractivity contribution in [1.82, 2.24) is 10.2 Å². The van der Waals surface area contributed by atoms with Crippen LogP contribution >= 0.6 is 11.6 Å². The molecule has 0 aromatic rings. The Morgan fingerprint density at radius 3 is 2.11 bits per heavy atom. The highest BCUT2D eigenvalue weighted by molar-refractivity contribution is 6.63. The van der Waals surface area contributed by atoms with Crippen molar-refractivity contribution in [3.05, 3.63) is 0 Å². The van der Waals surface area contributed by atoms with Crippen molar-refractivity contribution in [1.29, 1.82) is 0 Å². The maximum Gasteiger partial charge on any atom is 0.324 e.